The molecule has 1 heterocycles. The van der Waals surface area contributed by atoms with Crippen molar-refractivity contribution in [2.45, 2.75) is 31.2 Å². The van der Waals surface area contributed by atoms with Crippen LogP contribution in [-0.2, 0) is 10.0 Å². The van der Waals surface area contributed by atoms with E-state index < -0.39 is 10.0 Å². The summed E-state index contributed by atoms with van der Waals surface area (Å²) >= 11 is 5.85. The van der Waals surface area contributed by atoms with Crippen molar-refractivity contribution in [2.24, 2.45) is 0 Å². The normalized spacial score (nSPS) is 18.9. The topological polar surface area (TPSA) is 66.6 Å². The van der Waals surface area contributed by atoms with E-state index in [0.29, 0.717) is 18.1 Å². The van der Waals surface area contributed by atoms with Crippen LogP contribution in [0.4, 0.5) is 5.69 Å². The number of anilines is 1. The molecule has 5 nitrogen and oxygen atoms in total. The summed E-state index contributed by atoms with van der Waals surface area (Å²) in [6, 6.07) is 4.45. The van der Waals surface area contributed by atoms with Gasteiger partial charge in [-0.25, -0.2) is 8.42 Å². The van der Waals surface area contributed by atoms with Gasteiger partial charge in [-0.3, -0.25) is 4.90 Å². The number of hydrogen-bond acceptors (Lipinski definition) is 4. The molecule has 0 radical (unpaired) electrons. The maximum atomic E-state index is 12.6. The third kappa shape index (κ3) is 3.51. The van der Waals surface area contributed by atoms with Crippen molar-refractivity contribution in [3.8, 4) is 0 Å². The summed E-state index contributed by atoms with van der Waals surface area (Å²) in [6.07, 6.45) is 0. The van der Waals surface area contributed by atoms with E-state index in [1.807, 2.05) is 0 Å². The monoisotopic (exact) mass is 331 g/mol. The van der Waals surface area contributed by atoms with Crippen LogP contribution in [0.2, 0.25) is 5.02 Å². The first-order chi connectivity index (χ1) is 9.62. The fourth-order valence-corrected chi connectivity index (χ4v) is 4.01. The molecule has 0 aliphatic carbocycles. The number of rotatable bonds is 2. The molecule has 1 aromatic rings. The van der Waals surface area contributed by atoms with Crippen molar-refractivity contribution in [2.75, 3.05) is 31.9 Å². The Bertz CT molecular complexity index is 618. The predicted molar refractivity (Wildman–Crippen MR) is 85.9 cm³/mol. The van der Waals surface area contributed by atoms with Crippen LogP contribution in [0.5, 0.6) is 0 Å². The average Bonchev–Trinajstić information content (AvgIpc) is 2.41. The van der Waals surface area contributed by atoms with Crippen LogP contribution in [0.1, 0.15) is 20.8 Å². The molecule has 1 aliphatic heterocycles. The van der Waals surface area contributed by atoms with E-state index in [1.54, 1.807) is 0 Å². The van der Waals surface area contributed by atoms with E-state index in [-0.39, 0.29) is 16.1 Å². The predicted octanol–water partition coefficient (Wildman–Crippen LogP) is 2.03. The first-order valence-corrected chi connectivity index (χ1v) is 8.74. The van der Waals surface area contributed by atoms with Crippen molar-refractivity contribution in [1.29, 1.82) is 0 Å². The van der Waals surface area contributed by atoms with E-state index >= 15 is 0 Å². The van der Waals surface area contributed by atoms with Gasteiger partial charge < -0.3 is 5.73 Å². The highest BCUT2D eigenvalue weighted by atomic mass is 35.5. The zero-order chi connectivity index (χ0) is 15.8. The van der Waals surface area contributed by atoms with Gasteiger partial charge in [0, 0.05) is 31.7 Å². The summed E-state index contributed by atoms with van der Waals surface area (Å²) in [5.41, 5.74) is 6.04. The van der Waals surface area contributed by atoms with Crippen molar-refractivity contribution < 1.29 is 8.42 Å². The van der Waals surface area contributed by atoms with Gasteiger partial charge in [0.2, 0.25) is 10.0 Å². The second-order valence-electron chi connectivity index (χ2n) is 6.25. The van der Waals surface area contributed by atoms with Gasteiger partial charge in [0.1, 0.15) is 0 Å². The molecule has 21 heavy (non-hydrogen) atoms. The zero-order valence-corrected chi connectivity index (χ0v) is 14.2. The smallest absolute Gasteiger partial charge is 0.243 e. The Hall–Kier alpha value is -0.820. The van der Waals surface area contributed by atoms with Crippen LogP contribution >= 0.6 is 11.6 Å². The Morgan fingerprint density at radius 1 is 1.14 bits per heavy atom. The van der Waals surface area contributed by atoms with Gasteiger partial charge in [-0.2, -0.15) is 4.31 Å². The van der Waals surface area contributed by atoms with E-state index in [9.17, 15) is 8.42 Å². The molecule has 1 fully saturated rings. The molecular formula is C14H22ClN3O2S. The van der Waals surface area contributed by atoms with E-state index in [0.717, 1.165) is 13.1 Å². The largest absolute Gasteiger partial charge is 0.397 e. The SMILES string of the molecule is CC(C)(C)N1CCN(S(=O)(=O)c2ccc(Cl)c(N)c2)CC1. The molecule has 1 aliphatic rings. The molecule has 0 saturated carbocycles. The van der Waals surface area contributed by atoms with Crippen LogP contribution in [-0.4, -0.2) is 49.3 Å². The molecule has 0 amide bonds. The Morgan fingerprint density at radius 3 is 2.19 bits per heavy atom. The van der Waals surface area contributed by atoms with Crippen molar-refractivity contribution in [1.82, 2.24) is 9.21 Å². The highest BCUT2D eigenvalue weighted by Crippen LogP contribution is 2.26. The van der Waals surface area contributed by atoms with Crippen molar-refractivity contribution >= 4 is 27.3 Å². The second kappa shape index (κ2) is 5.76. The lowest BCUT2D eigenvalue weighted by atomic mass is 10.1. The lowest BCUT2D eigenvalue weighted by Gasteiger charge is -2.41. The summed E-state index contributed by atoms with van der Waals surface area (Å²) in [7, 11) is -3.50. The molecule has 0 spiro atoms. The second-order valence-corrected chi connectivity index (χ2v) is 8.59. The van der Waals surface area contributed by atoms with Gasteiger partial charge in [-0.15, -0.1) is 0 Å². The van der Waals surface area contributed by atoms with Gasteiger partial charge in [0.15, 0.2) is 0 Å². The maximum Gasteiger partial charge on any atom is 0.243 e. The fourth-order valence-electron chi connectivity index (χ4n) is 2.43. The first-order valence-electron chi connectivity index (χ1n) is 6.92. The van der Waals surface area contributed by atoms with Gasteiger partial charge in [0.05, 0.1) is 15.6 Å². The third-order valence-corrected chi connectivity index (χ3v) is 6.03. The molecule has 0 unspecified atom stereocenters. The van der Waals surface area contributed by atoms with Gasteiger partial charge in [0.25, 0.3) is 0 Å². The number of nitrogens with zero attached hydrogens (tertiary/aromatic N) is 2. The Kier molecular flexibility index (Phi) is 4.54. The molecule has 118 valence electrons. The summed E-state index contributed by atoms with van der Waals surface area (Å²) in [4.78, 5) is 2.49. The van der Waals surface area contributed by atoms with E-state index in [2.05, 4.69) is 25.7 Å². The minimum absolute atomic E-state index is 0.0561. The molecule has 2 N–H and O–H groups in total. The van der Waals surface area contributed by atoms with Crippen LogP contribution < -0.4 is 5.73 Å². The molecule has 7 heteroatoms. The highest BCUT2D eigenvalue weighted by molar-refractivity contribution is 7.89. The van der Waals surface area contributed by atoms with Gasteiger partial charge >= 0.3 is 0 Å². The molecule has 2 rings (SSSR count). The summed E-state index contributed by atoms with van der Waals surface area (Å²) in [6.45, 7) is 8.84. The standard InChI is InChI=1S/C14H22ClN3O2S/c1-14(2,3)17-6-8-18(9-7-17)21(19,20)11-4-5-12(15)13(16)10-11/h4-5,10H,6-9,16H2,1-3H3. The van der Waals surface area contributed by atoms with E-state index in [1.165, 1.54) is 22.5 Å². The van der Waals surface area contributed by atoms with Gasteiger partial charge in [-0.05, 0) is 39.0 Å². The first kappa shape index (κ1) is 16.5. The summed E-state index contributed by atoms with van der Waals surface area (Å²) < 4.78 is 26.7. The Balaban J connectivity index is 2.17. The zero-order valence-electron chi connectivity index (χ0n) is 12.6. The average molecular weight is 332 g/mol. The lowest BCUT2D eigenvalue weighted by molar-refractivity contribution is 0.0922. The molecule has 1 aromatic carbocycles. The van der Waals surface area contributed by atoms with Gasteiger partial charge in [-0.1, -0.05) is 11.6 Å². The number of piperazine rings is 1. The lowest BCUT2D eigenvalue weighted by Crippen LogP contribution is -2.54. The molecule has 0 bridgehead atoms. The summed E-state index contributed by atoms with van der Waals surface area (Å²) in [5, 5.41) is 0.367. The van der Waals surface area contributed by atoms with Crippen molar-refractivity contribution in [3.63, 3.8) is 0 Å². The highest BCUT2D eigenvalue weighted by Gasteiger charge is 2.32. The van der Waals surface area contributed by atoms with E-state index in [4.69, 9.17) is 17.3 Å². The number of halogens is 1. The Labute approximate surface area is 131 Å². The van der Waals surface area contributed by atoms with Crippen LogP contribution in [0.3, 0.4) is 0 Å². The third-order valence-electron chi connectivity index (χ3n) is 3.79. The maximum absolute atomic E-state index is 12.6. The van der Waals surface area contributed by atoms with Crippen LogP contribution in [0, 0.1) is 0 Å². The number of benzene rings is 1. The minimum Gasteiger partial charge on any atom is -0.397 e. The van der Waals surface area contributed by atoms with Crippen LogP contribution in [0.25, 0.3) is 0 Å². The van der Waals surface area contributed by atoms with Crippen LogP contribution in [0.15, 0.2) is 23.1 Å². The Morgan fingerprint density at radius 2 is 1.71 bits per heavy atom. The molecule has 0 aromatic heterocycles. The molecule has 0 atom stereocenters. The number of nitrogen functional groups attached to an aromatic ring is 1. The number of sulfonamides is 1. The number of hydrogen-bond donors (Lipinski definition) is 1. The summed E-state index contributed by atoms with van der Waals surface area (Å²) in [5.74, 6) is 0. The minimum atomic E-state index is -3.50. The number of nitrogens with two attached hydrogens (primary N) is 1. The quantitative estimate of drug-likeness (QED) is 0.842. The fraction of sp³-hybridized carbons (Fsp3) is 0.571. The van der Waals surface area contributed by atoms with Crippen molar-refractivity contribution in [3.05, 3.63) is 23.2 Å². The molecular weight excluding hydrogens is 310 g/mol. The molecule has 1 saturated heterocycles.